The van der Waals surface area contributed by atoms with Crippen molar-refractivity contribution in [3.05, 3.63) is 42.0 Å². The minimum atomic E-state index is -0.757. The first-order chi connectivity index (χ1) is 10.8. The molecule has 0 aliphatic heterocycles. The third kappa shape index (κ3) is 6.55. The first kappa shape index (κ1) is 18.7. The van der Waals surface area contributed by atoms with E-state index in [1.165, 1.54) is 7.11 Å². The summed E-state index contributed by atoms with van der Waals surface area (Å²) in [6, 6.07) is 7.02. The standard InChI is InChI=1S/C18H25NO4/c1-6-13-9-7-8-10-14(13)11-12-15(16(20)22-5)19-17(21)23-18(2,3)4/h6-10,15H,1,11-12H2,2-5H3,(H,19,21)/t15-/m1/s1. The molecule has 0 spiro atoms. The molecule has 126 valence electrons. The highest BCUT2D eigenvalue weighted by molar-refractivity contribution is 5.81. The van der Waals surface area contributed by atoms with Gasteiger partial charge in [-0.05, 0) is 44.7 Å². The molecule has 0 heterocycles. The minimum Gasteiger partial charge on any atom is -0.467 e. The van der Waals surface area contributed by atoms with Gasteiger partial charge in [-0.1, -0.05) is 36.9 Å². The van der Waals surface area contributed by atoms with Crippen LogP contribution in [0.25, 0.3) is 6.08 Å². The van der Waals surface area contributed by atoms with Gasteiger partial charge in [0.05, 0.1) is 7.11 Å². The summed E-state index contributed by atoms with van der Waals surface area (Å²) in [6.45, 7) is 9.07. The SMILES string of the molecule is C=Cc1ccccc1CC[C@@H](NC(=O)OC(C)(C)C)C(=O)OC. The molecular formula is C18H25NO4. The molecule has 0 fully saturated rings. The van der Waals surface area contributed by atoms with Crippen molar-refractivity contribution in [1.82, 2.24) is 5.32 Å². The van der Waals surface area contributed by atoms with Crippen LogP contribution in [0.5, 0.6) is 0 Å². The largest absolute Gasteiger partial charge is 0.467 e. The Kier molecular flexibility index (Phi) is 6.82. The maximum atomic E-state index is 11.9. The smallest absolute Gasteiger partial charge is 0.408 e. The van der Waals surface area contributed by atoms with Gasteiger partial charge < -0.3 is 14.8 Å². The fourth-order valence-corrected chi connectivity index (χ4v) is 2.10. The lowest BCUT2D eigenvalue weighted by atomic mass is 10.00. The molecule has 23 heavy (non-hydrogen) atoms. The summed E-state index contributed by atoms with van der Waals surface area (Å²) in [5, 5.41) is 2.57. The molecule has 1 aromatic rings. The Morgan fingerprint density at radius 1 is 1.30 bits per heavy atom. The number of hydrogen-bond acceptors (Lipinski definition) is 4. The van der Waals surface area contributed by atoms with Crippen molar-refractivity contribution < 1.29 is 19.1 Å². The third-order valence-electron chi connectivity index (χ3n) is 3.15. The van der Waals surface area contributed by atoms with Crippen LogP contribution in [0.2, 0.25) is 0 Å². The molecule has 0 aliphatic carbocycles. The molecule has 1 aromatic carbocycles. The number of amides is 1. The average molecular weight is 319 g/mol. The summed E-state index contributed by atoms with van der Waals surface area (Å²) >= 11 is 0. The molecule has 5 heteroatoms. The zero-order valence-electron chi connectivity index (χ0n) is 14.2. The molecule has 1 rings (SSSR count). The van der Waals surface area contributed by atoms with Crippen LogP contribution in [0.15, 0.2) is 30.8 Å². The number of carbonyl (C=O) groups is 2. The third-order valence-corrected chi connectivity index (χ3v) is 3.15. The van der Waals surface area contributed by atoms with Crippen LogP contribution in [0.4, 0.5) is 4.79 Å². The van der Waals surface area contributed by atoms with Crippen LogP contribution in [0, 0.1) is 0 Å². The van der Waals surface area contributed by atoms with Gasteiger partial charge in [0.2, 0.25) is 0 Å². The van der Waals surface area contributed by atoms with Gasteiger partial charge in [0, 0.05) is 0 Å². The number of rotatable bonds is 6. The first-order valence-corrected chi connectivity index (χ1v) is 7.54. The van der Waals surface area contributed by atoms with Gasteiger partial charge in [-0.2, -0.15) is 0 Å². The lowest BCUT2D eigenvalue weighted by Crippen LogP contribution is -2.44. The van der Waals surface area contributed by atoms with E-state index in [2.05, 4.69) is 11.9 Å². The number of aryl methyl sites for hydroxylation is 1. The quantitative estimate of drug-likeness (QED) is 0.817. The zero-order valence-corrected chi connectivity index (χ0v) is 14.2. The number of esters is 1. The molecule has 0 bridgehead atoms. The van der Waals surface area contributed by atoms with Crippen LogP contribution >= 0.6 is 0 Å². The lowest BCUT2D eigenvalue weighted by molar-refractivity contribution is -0.143. The predicted molar refractivity (Wildman–Crippen MR) is 90.0 cm³/mol. The second-order valence-electron chi connectivity index (χ2n) is 6.16. The van der Waals surface area contributed by atoms with Crippen molar-refractivity contribution in [2.24, 2.45) is 0 Å². The Balaban J connectivity index is 2.74. The number of carbonyl (C=O) groups excluding carboxylic acids is 2. The lowest BCUT2D eigenvalue weighted by Gasteiger charge is -2.22. The monoisotopic (exact) mass is 319 g/mol. The molecule has 0 unspecified atom stereocenters. The maximum Gasteiger partial charge on any atom is 0.408 e. The number of alkyl carbamates (subject to hydrolysis) is 1. The van der Waals surface area contributed by atoms with Gasteiger partial charge in [-0.15, -0.1) is 0 Å². The number of nitrogens with one attached hydrogen (secondary N) is 1. The summed E-state index contributed by atoms with van der Waals surface area (Å²) in [6.07, 6.45) is 2.16. The van der Waals surface area contributed by atoms with Gasteiger partial charge in [0.1, 0.15) is 11.6 Å². The molecule has 0 saturated heterocycles. The highest BCUT2D eigenvalue weighted by Gasteiger charge is 2.24. The fraction of sp³-hybridized carbons (Fsp3) is 0.444. The number of ether oxygens (including phenoxy) is 2. The van der Waals surface area contributed by atoms with Crippen molar-refractivity contribution >= 4 is 18.1 Å². The van der Waals surface area contributed by atoms with Crippen LogP contribution in [0.3, 0.4) is 0 Å². The summed E-state index contributed by atoms with van der Waals surface area (Å²) in [5.41, 5.74) is 1.44. The number of methoxy groups -OCH3 is 1. The molecule has 0 saturated carbocycles. The van der Waals surface area contributed by atoms with E-state index in [-0.39, 0.29) is 0 Å². The van der Waals surface area contributed by atoms with Gasteiger partial charge in [0.25, 0.3) is 0 Å². The maximum absolute atomic E-state index is 11.9. The van der Waals surface area contributed by atoms with E-state index in [4.69, 9.17) is 9.47 Å². The van der Waals surface area contributed by atoms with Crippen molar-refractivity contribution in [1.29, 1.82) is 0 Å². The van der Waals surface area contributed by atoms with Crippen molar-refractivity contribution in [2.75, 3.05) is 7.11 Å². The molecular weight excluding hydrogens is 294 g/mol. The first-order valence-electron chi connectivity index (χ1n) is 7.54. The highest BCUT2D eigenvalue weighted by atomic mass is 16.6. The van der Waals surface area contributed by atoms with Crippen LogP contribution in [-0.2, 0) is 20.7 Å². The molecule has 1 amide bonds. The van der Waals surface area contributed by atoms with E-state index in [0.717, 1.165) is 11.1 Å². The van der Waals surface area contributed by atoms with Crippen molar-refractivity contribution in [2.45, 2.75) is 45.3 Å². The zero-order chi connectivity index (χ0) is 17.5. The van der Waals surface area contributed by atoms with E-state index in [1.807, 2.05) is 24.3 Å². The minimum absolute atomic E-state index is 0.413. The molecule has 0 radical (unpaired) electrons. The van der Waals surface area contributed by atoms with E-state index < -0.39 is 23.7 Å². The van der Waals surface area contributed by atoms with E-state index in [1.54, 1.807) is 26.8 Å². The molecule has 1 N–H and O–H groups in total. The molecule has 0 aromatic heterocycles. The van der Waals surface area contributed by atoms with E-state index in [9.17, 15) is 9.59 Å². The Labute approximate surface area is 137 Å². The molecule has 5 nitrogen and oxygen atoms in total. The highest BCUT2D eigenvalue weighted by Crippen LogP contribution is 2.14. The Morgan fingerprint density at radius 2 is 1.96 bits per heavy atom. The average Bonchev–Trinajstić information content (AvgIpc) is 2.49. The van der Waals surface area contributed by atoms with Crippen molar-refractivity contribution in [3.63, 3.8) is 0 Å². The van der Waals surface area contributed by atoms with Crippen molar-refractivity contribution in [3.8, 4) is 0 Å². The fourth-order valence-electron chi connectivity index (χ4n) is 2.10. The normalized spacial score (nSPS) is 12.2. The summed E-state index contributed by atoms with van der Waals surface area (Å²) in [5.74, 6) is -0.494. The van der Waals surface area contributed by atoms with Gasteiger partial charge in [-0.25, -0.2) is 9.59 Å². The molecule has 1 atom stereocenters. The predicted octanol–water partition coefficient (Wildman–Crippen LogP) is 3.33. The summed E-state index contributed by atoms with van der Waals surface area (Å²) in [7, 11) is 1.30. The Hall–Kier alpha value is -2.30. The second-order valence-corrected chi connectivity index (χ2v) is 6.16. The van der Waals surface area contributed by atoms with Gasteiger partial charge in [-0.3, -0.25) is 0 Å². The van der Waals surface area contributed by atoms with Crippen LogP contribution < -0.4 is 5.32 Å². The van der Waals surface area contributed by atoms with E-state index >= 15 is 0 Å². The van der Waals surface area contributed by atoms with Gasteiger partial charge in [0.15, 0.2) is 0 Å². The Bertz CT molecular complexity index is 560. The summed E-state index contributed by atoms with van der Waals surface area (Å²) < 4.78 is 9.94. The van der Waals surface area contributed by atoms with Crippen LogP contribution in [0.1, 0.15) is 38.3 Å². The van der Waals surface area contributed by atoms with Gasteiger partial charge >= 0.3 is 12.1 Å². The Morgan fingerprint density at radius 3 is 2.52 bits per heavy atom. The number of hydrogen-bond donors (Lipinski definition) is 1. The summed E-state index contributed by atoms with van der Waals surface area (Å²) in [4.78, 5) is 23.7. The van der Waals surface area contributed by atoms with Crippen LogP contribution in [-0.4, -0.2) is 30.8 Å². The molecule has 0 aliphatic rings. The second kappa shape index (κ2) is 8.36. The van der Waals surface area contributed by atoms with E-state index in [0.29, 0.717) is 12.8 Å². The number of benzene rings is 1. The topological polar surface area (TPSA) is 64.6 Å².